The fraction of sp³-hybridized carbons (Fsp3) is 0.333. The number of amides is 1. The van der Waals surface area contributed by atoms with Crippen molar-refractivity contribution in [1.29, 1.82) is 0 Å². The molecule has 0 fully saturated rings. The summed E-state index contributed by atoms with van der Waals surface area (Å²) < 4.78 is 0. The second-order valence-electron chi connectivity index (χ2n) is 5.03. The minimum absolute atomic E-state index is 0.0379. The van der Waals surface area contributed by atoms with Crippen molar-refractivity contribution in [3.63, 3.8) is 0 Å². The van der Waals surface area contributed by atoms with Gasteiger partial charge in [0, 0.05) is 11.6 Å². The Morgan fingerprint density at radius 2 is 2.30 bits per heavy atom. The molecule has 3 rings (SSSR count). The topological polar surface area (TPSA) is 61.7 Å². The summed E-state index contributed by atoms with van der Waals surface area (Å²) >= 11 is 6.05. The van der Waals surface area contributed by atoms with Crippen LogP contribution in [-0.4, -0.2) is 23.3 Å². The molecule has 20 heavy (non-hydrogen) atoms. The first-order valence-corrected chi connectivity index (χ1v) is 7.04. The van der Waals surface area contributed by atoms with Gasteiger partial charge in [0.1, 0.15) is 0 Å². The predicted octanol–water partition coefficient (Wildman–Crippen LogP) is 2.78. The largest absolute Gasteiger partial charge is 0.396 e. The Kier molecular flexibility index (Phi) is 3.59. The van der Waals surface area contributed by atoms with Crippen LogP contribution in [0.1, 0.15) is 18.4 Å². The van der Waals surface area contributed by atoms with Gasteiger partial charge >= 0.3 is 0 Å². The van der Waals surface area contributed by atoms with Crippen molar-refractivity contribution in [3.8, 4) is 0 Å². The molecule has 2 aliphatic rings. The molecule has 1 aromatic rings. The molecule has 1 heterocycles. The number of benzene rings is 1. The first-order valence-electron chi connectivity index (χ1n) is 6.66. The Morgan fingerprint density at radius 1 is 1.45 bits per heavy atom. The van der Waals surface area contributed by atoms with Gasteiger partial charge in [-0.25, -0.2) is 0 Å². The summed E-state index contributed by atoms with van der Waals surface area (Å²) in [5.74, 6) is -0.268. The summed E-state index contributed by atoms with van der Waals surface area (Å²) in [6.07, 6.45) is 3.77. The summed E-state index contributed by atoms with van der Waals surface area (Å²) in [6.45, 7) is 0.0855. The quantitative estimate of drug-likeness (QED) is 0.880. The van der Waals surface area contributed by atoms with E-state index in [9.17, 15) is 4.79 Å². The van der Waals surface area contributed by atoms with E-state index in [-0.39, 0.29) is 18.4 Å². The minimum atomic E-state index is -0.230. The zero-order chi connectivity index (χ0) is 14.1. The standard InChI is InChI=1S/C15H15ClN2O2/c16-10-2-3-11-13(8-10)17-12-4-1-9(5-6-19)7-14(12)18-15(11)20/h1,4,7-8,11,19H,2-3,5-6H2,(H,18,20). The van der Waals surface area contributed by atoms with Gasteiger partial charge in [-0.3, -0.25) is 9.79 Å². The number of carbonyl (C=O) groups is 1. The average Bonchev–Trinajstić information content (AvgIpc) is 2.54. The molecule has 1 atom stereocenters. The second-order valence-corrected chi connectivity index (χ2v) is 5.52. The van der Waals surface area contributed by atoms with Crippen LogP contribution in [0, 0.1) is 5.92 Å². The number of aliphatic imine (C=N–C) groups is 1. The van der Waals surface area contributed by atoms with Gasteiger partial charge in [-0.15, -0.1) is 0 Å². The third-order valence-corrected chi connectivity index (χ3v) is 3.92. The van der Waals surface area contributed by atoms with Gasteiger partial charge in [-0.1, -0.05) is 17.7 Å². The van der Waals surface area contributed by atoms with Crippen molar-refractivity contribution in [3.05, 3.63) is 34.9 Å². The molecule has 1 aliphatic carbocycles. The van der Waals surface area contributed by atoms with Crippen molar-refractivity contribution in [2.45, 2.75) is 19.3 Å². The molecule has 0 saturated heterocycles. The van der Waals surface area contributed by atoms with Crippen LogP contribution in [0.5, 0.6) is 0 Å². The molecule has 1 unspecified atom stereocenters. The van der Waals surface area contributed by atoms with Crippen LogP contribution in [0.2, 0.25) is 0 Å². The summed E-state index contributed by atoms with van der Waals surface area (Å²) in [7, 11) is 0. The lowest BCUT2D eigenvalue weighted by atomic mass is 9.91. The second kappa shape index (κ2) is 5.38. The van der Waals surface area contributed by atoms with E-state index in [1.165, 1.54) is 0 Å². The molecule has 0 spiro atoms. The highest BCUT2D eigenvalue weighted by Crippen LogP contribution is 2.34. The molecule has 1 aromatic carbocycles. The molecule has 0 aromatic heterocycles. The van der Waals surface area contributed by atoms with Crippen LogP contribution >= 0.6 is 11.6 Å². The van der Waals surface area contributed by atoms with Gasteiger partial charge in [0.15, 0.2) is 0 Å². The van der Waals surface area contributed by atoms with Crippen LogP contribution in [0.4, 0.5) is 11.4 Å². The average molecular weight is 291 g/mol. The first kappa shape index (κ1) is 13.3. The van der Waals surface area contributed by atoms with Crippen molar-refractivity contribution in [2.24, 2.45) is 10.9 Å². The normalized spacial score (nSPS) is 21.1. The Labute approximate surface area is 122 Å². The fourth-order valence-electron chi connectivity index (χ4n) is 2.56. The third kappa shape index (κ3) is 2.49. The Hall–Kier alpha value is -1.65. The van der Waals surface area contributed by atoms with E-state index >= 15 is 0 Å². The predicted molar refractivity (Wildman–Crippen MR) is 79.6 cm³/mol. The molecule has 0 bridgehead atoms. The summed E-state index contributed by atoms with van der Waals surface area (Å²) in [4.78, 5) is 16.8. The fourth-order valence-corrected chi connectivity index (χ4v) is 2.78. The van der Waals surface area contributed by atoms with E-state index in [4.69, 9.17) is 16.7 Å². The number of fused-ring (bicyclic) bond motifs is 2. The van der Waals surface area contributed by atoms with Crippen LogP contribution in [0.3, 0.4) is 0 Å². The van der Waals surface area contributed by atoms with Crippen molar-refractivity contribution in [2.75, 3.05) is 11.9 Å². The summed E-state index contributed by atoms with van der Waals surface area (Å²) in [5.41, 5.74) is 3.14. The molecule has 2 N–H and O–H groups in total. The molecular weight excluding hydrogens is 276 g/mol. The maximum absolute atomic E-state index is 12.3. The van der Waals surface area contributed by atoms with Gasteiger partial charge in [-0.2, -0.15) is 0 Å². The van der Waals surface area contributed by atoms with Gasteiger partial charge in [0.05, 0.1) is 23.0 Å². The Morgan fingerprint density at radius 3 is 3.10 bits per heavy atom. The van der Waals surface area contributed by atoms with E-state index in [0.717, 1.165) is 22.0 Å². The lowest BCUT2D eigenvalue weighted by Gasteiger charge is -2.18. The van der Waals surface area contributed by atoms with Crippen LogP contribution in [-0.2, 0) is 11.2 Å². The maximum atomic E-state index is 12.3. The maximum Gasteiger partial charge on any atom is 0.233 e. The molecule has 4 nitrogen and oxygen atoms in total. The molecule has 1 aliphatic heterocycles. The van der Waals surface area contributed by atoms with Crippen LogP contribution < -0.4 is 5.32 Å². The Bertz CT molecular complexity index is 622. The zero-order valence-electron chi connectivity index (χ0n) is 10.9. The van der Waals surface area contributed by atoms with Crippen molar-refractivity contribution < 1.29 is 9.90 Å². The van der Waals surface area contributed by atoms with Crippen LogP contribution in [0.15, 0.2) is 34.3 Å². The van der Waals surface area contributed by atoms with Crippen molar-refractivity contribution in [1.82, 2.24) is 0 Å². The number of rotatable bonds is 2. The third-order valence-electron chi connectivity index (χ3n) is 3.62. The van der Waals surface area contributed by atoms with E-state index in [0.29, 0.717) is 24.9 Å². The van der Waals surface area contributed by atoms with Gasteiger partial charge in [0.25, 0.3) is 0 Å². The van der Waals surface area contributed by atoms with Gasteiger partial charge in [0.2, 0.25) is 5.91 Å². The van der Waals surface area contributed by atoms with E-state index in [1.807, 2.05) is 18.2 Å². The number of hydrogen-bond acceptors (Lipinski definition) is 3. The number of carbonyl (C=O) groups excluding carboxylic acids is 1. The molecular formula is C15H15ClN2O2. The molecule has 0 radical (unpaired) electrons. The lowest BCUT2D eigenvalue weighted by molar-refractivity contribution is -0.118. The zero-order valence-corrected chi connectivity index (χ0v) is 11.7. The highest BCUT2D eigenvalue weighted by Gasteiger charge is 2.29. The number of allylic oxidation sites excluding steroid dienone is 2. The van der Waals surface area contributed by atoms with Crippen molar-refractivity contribution >= 4 is 34.6 Å². The number of aliphatic hydroxyl groups is 1. The Balaban J connectivity index is 2.04. The number of nitrogens with one attached hydrogen (secondary N) is 1. The highest BCUT2D eigenvalue weighted by atomic mass is 35.5. The highest BCUT2D eigenvalue weighted by molar-refractivity contribution is 6.33. The summed E-state index contributed by atoms with van der Waals surface area (Å²) in [6, 6.07) is 5.66. The van der Waals surface area contributed by atoms with E-state index in [1.54, 1.807) is 6.08 Å². The smallest absolute Gasteiger partial charge is 0.233 e. The molecule has 104 valence electrons. The number of halogens is 1. The molecule has 5 heteroatoms. The number of nitrogens with zero attached hydrogens (tertiary/aromatic N) is 1. The van der Waals surface area contributed by atoms with E-state index < -0.39 is 0 Å². The molecule has 1 amide bonds. The number of aliphatic hydroxyl groups excluding tert-OH is 1. The number of anilines is 1. The number of hydrogen-bond donors (Lipinski definition) is 2. The first-order chi connectivity index (χ1) is 9.67. The van der Waals surface area contributed by atoms with Crippen LogP contribution in [0.25, 0.3) is 0 Å². The van der Waals surface area contributed by atoms with E-state index in [2.05, 4.69) is 10.3 Å². The minimum Gasteiger partial charge on any atom is -0.396 e. The summed E-state index contributed by atoms with van der Waals surface area (Å²) in [5, 5.41) is 12.7. The van der Waals surface area contributed by atoms with Gasteiger partial charge in [-0.05, 0) is 43.0 Å². The monoisotopic (exact) mass is 290 g/mol. The van der Waals surface area contributed by atoms with Gasteiger partial charge < -0.3 is 10.4 Å². The molecule has 0 saturated carbocycles. The lowest BCUT2D eigenvalue weighted by Crippen LogP contribution is -2.29. The SMILES string of the molecule is O=C1Nc2cc(CCO)ccc2N=C2C=C(Cl)CCC12.